The smallest absolute Gasteiger partial charge is 0.336 e. The van der Waals surface area contributed by atoms with Gasteiger partial charge in [-0.3, -0.25) is 9.59 Å². The van der Waals surface area contributed by atoms with E-state index in [4.69, 9.17) is 61.3 Å². The summed E-state index contributed by atoms with van der Waals surface area (Å²) in [6.07, 6.45) is -19.1. The molecule has 3 rings (SSSR count). The van der Waals surface area contributed by atoms with E-state index in [0.717, 1.165) is 0 Å². The molecule has 18 N–H and O–H groups in total. The van der Waals surface area contributed by atoms with Crippen LogP contribution in [-0.4, -0.2) is 197 Å². The van der Waals surface area contributed by atoms with Gasteiger partial charge in [-0.05, 0) is 0 Å². The van der Waals surface area contributed by atoms with E-state index < -0.39 is 148 Å². The molecule has 3 heterocycles. The van der Waals surface area contributed by atoms with Crippen molar-refractivity contribution in [1.29, 1.82) is 0 Å². The van der Waals surface area contributed by atoms with E-state index in [-0.39, 0.29) is 0 Å². The highest BCUT2D eigenvalue weighted by Gasteiger charge is 2.52. The van der Waals surface area contributed by atoms with E-state index in [9.17, 15) is 55.2 Å². The number of ether oxygens (including phenoxy) is 5. The van der Waals surface area contributed by atoms with Crippen LogP contribution in [0, 0.1) is 0 Å². The van der Waals surface area contributed by atoms with Crippen LogP contribution in [0.1, 0.15) is 12.8 Å². The van der Waals surface area contributed by atoms with Crippen molar-refractivity contribution >= 4 is 17.9 Å². The largest absolute Gasteiger partial charge is 0.481 e. The Kier molecular flexibility index (Phi) is 15.1. The molecule has 0 saturated carbocycles. The van der Waals surface area contributed by atoms with Crippen molar-refractivity contribution in [3.63, 3.8) is 0 Å². The predicted octanol–water partition coefficient (Wildman–Crippen LogP) is -8.92. The molecule has 0 spiro atoms. The SMILES string of the molecule is N[C@@H]1[C@@H](O)[C@H](O[C@@H]2O[C@H](CO)[C@@H](O[C@@H]3O[C@H](CO)[C@@H](O)[C@H](O)[C@H]3N)[C@H](O)[C@H]2N)[C@@H](CO)O[C@H]1O.O=C(O)CC(O)(CC(=O)O)C(=O)O. The second kappa shape index (κ2) is 17.4. The first kappa shape index (κ1) is 40.9. The number of hydrogen-bond acceptors (Lipinski definition) is 20. The van der Waals surface area contributed by atoms with Crippen LogP contribution in [0.5, 0.6) is 0 Å². The molecule has 3 fully saturated rings. The van der Waals surface area contributed by atoms with Crippen LogP contribution in [-0.2, 0) is 38.1 Å². The topological polar surface area (TPSA) is 418 Å². The zero-order chi connectivity index (χ0) is 36.0. The van der Waals surface area contributed by atoms with Gasteiger partial charge in [0.1, 0.15) is 54.9 Å². The number of nitrogens with two attached hydrogens (primary N) is 3. The summed E-state index contributed by atoms with van der Waals surface area (Å²) >= 11 is 0. The first-order chi connectivity index (χ1) is 21.8. The Bertz CT molecular complexity index is 1020. The summed E-state index contributed by atoms with van der Waals surface area (Å²) in [5, 5.41) is 113. The lowest BCUT2D eigenvalue weighted by atomic mass is 9.94. The van der Waals surface area contributed by atoms with E-state index in [1.807, 2.05) is 0 Å². The van der Waals surface area contributed by atoms with Crippen LogP contribution in [0.25, 0.3) is 0 Å². The van der Waals surface area contributed by atoms with Crippen LogP contribution in [0.2, 0.25) is 0 Å². The molecule has 23 nitrogen and oxygen atoms in total. The van der Waals surface area contributed by atoms with Crippen LogP contribution < -0.4 is 17.2 Å². The van der Waals surface area contributed by atoms with Crippen molar-refractivity contribution in [2.75, 3.05) is 19.8 Å². The van der Waals surface area contributed by atoms with E-state index in [2.05, 4.69) is 0 Å². The third kappa shape index (κ3) is 9.89. The lowest BCUT2D eigenvalue weighted by molar-refractivity contribution is -0.348. The third-order valence-corrected chi connectivity index (χ3v) is 7.62. The Morgan fingerprint density at radius 3 is 1.38 bits per heavy atom. The molecule has 3 saturated heterocycles. The normalized spacial score (nSPS) is 41.0. The lowest BCUT2D eigenvalue weighted by Gasteiger charge is -2.48. The van der Waals surface area contributed by atoms with Crippen molar-refractivity contribution in [2.45, 2.75) is 110 Å². The van der Waals surface area contributed by atoms with Gasteiger partial charge in [-0.15, -0.1) is 0 Å². The predicted molar refractivity (Wildman–Crippen MR) is 144 cm³/mol. The maximum absolute atomic E-state index is 10.8. The maximum Gasteiger partial charge on any atom is 0.336 e. The number of aliphatic hydroxyl groups is 9. The number of carboxylic acids is 3. The molecule has 23 heteroatoms. The van der Waals surface area contributed by atoms with Gasteiger partial charge in [0.25, 0.3) is 0 Å². The van der Waals surface area contributed by atoms with Gasteiger partial charge in [-0.2, -0.15) is 0 Å². The van der Waals surface area contributed by atoms with E-state index in [0.29, 0.717) is 0 Å². The van der Waals surface area contributed by atoms with Gasteiger partial charge in [0.15, 0.2) is 24.5 Å². The van der Waals surface area contributed by atoms with E-state index in [1.165, 1.54) is 0 Å². The molecule has 0 aromatic heterocycles. The number of carbonyl (C=O) groups is 3. The average Bonchev–Trinajstić information content (AvgIpc) is 3.00. The number of hydrogen-bond donors (Lipinski definition) is 15. The van der Waals surface area contributed by atoms with Crippen LogP contribution in [0.3, 0.4) is 0 Å². The molecule has 15 atom stereocenters. The minimum Gasteiger partial charge on any atom is -0.481 e. The molecular formula is C24H43N3O20. The molecule has 0 bridgehead atoms. The maximum atomic E-state index is 10.8. The van der Waals surface area contributed by atoms with Gasteiger partial charge >= 0.3 is 17.9 Å². The standard InChI is InChI=1S/C18H35N3O13.C6H8O7/c19-7-12(27)14(5(2-23)30-16(7)29)33-18-9(21)13(28)15(6(3-24)32-18)34-17-8(20)11(26)10(25)4(1-22)31-17;7-3(8)1-6(13,5(11)12)2-4(9)10/h4-18,22-29H,1-3,19-21H2;13H,1-2H2,(H,7,8)(H,9,10)(H,11,12)/t4-,5-,6-,7-,8-,9-,10-,11-,12-,13-,14-,15-,16-,17+,18+;/m1./s1. The van der Waals surface area contributed by atoms with Crippen molar-refractivity contribution in [1.82, 2.24) is 0 Å². The third-order valence-electron chi connectivity index (χ3n) is 7.62. The molecule has 0 aliphatic carbocycles. The summed E-state index contributed by atoms with van der Waals surface area (Å²) in [7, 11) is 0. The lowest BCUT2D eigenvalue weighted by Crippen LogP contribution is -2.69. The van der Waals surface area contributed by atoms with Crippen molar-refractivity contribution < 1.29 is 99.3 Å². The highest BCUT2D eigenvalue weighted by Crippen LogP contribution is 2.31. The second-order valence-electron chi connectivity index (χ2n) is 11.1. The molecule has 3 aliphatic heterocycles. The van der Waals surface area contributed by atoms with Crippen LogP contribution in [0.4, 0.5) is 0 Å². The second-order valence-corrected chi connectivity index (χ2v) is 11.1. The van der Waals surface area contributed by atoms with E-state index >= 15 is 0 Å². The fourth-order valence-electron chi connectivity index (χ4n) is 4.90. The molecule has 0 aromatic carbocycles. The van der Waals surface area contributed by atoms with Crippen molar-refractivity contribution in [3.05, 3.63) is 0 Å². The molecule has 3 aliphatic rings. The Morgan fingerprint density at radius 2 is 0.979 bits per heavy atom. The molecule has 0 radical (unpaired) electrons. The Balaban J connectivity index is 0.000000500. The quantitative estimate of drug-likeness (QED) is 0.0902. The van der Waals surface area contributed by atoms with Crippen LogP contribution >= 0.6 is 0 Å². The zero-order valence-electron chi connectivity index (χ0n) is 24.6. The monoisotopic (exact) mass is 693 g/mol. The minimum absolute atomic E-state index is 0.651. The molecule has 47 heavy (non-hydrogen) atoms. The van der Waals surface area contributed by atoms with Gasteiger partial charge in [0.2, 0.25) is 0 Å². The number of carboxylic acid groups (broad SMARTS) is 3. The van der Waals surface area contributed by atoms with Crippen molar-refractivity contribution in [2.24, 2.45) is 17.2 Å². The number of aliphatic hydroxyl groups excluding tert-OH is 8. The Labute approximate surface area is 265 Å². The summed E-state index contributed by atoms with van der Waals surface area (Å²) in [6.45, 7) is -2.00. The van der Waals surface area contributed by atoms with E-state index in [1.54, 1.807) is 0 Å². The summed E-state index contributed by atoms with van der Waals surface area (Å²) in [6, 6.07) is -3.87. The molecular weight excluding hydrogens is 650 g/mol. The summed E-state index contributed by atoms with van der Waals surface area (Å²) in [5.74, 6) is -5.02. The number of aliphatic carboxylic acids is 3. The molecule has 0 aromatic rings. The van der Waals surface area contributed by atoms with Gasteiger partial charge < -0.3 is 102 Å². The van der Waals surface area contributed by atoms with Crippen molar-refractivity contribution in [3.8, 4) is 0 Å². The molecule has 274 valence electrons. The first-order valence-corrected chi connectivity index (χ1v) is 14.0. The zero-order valence-corrected chi connectivity index (χ0v) is 24.6. The Morgan fingerprint density at radius 1 is 0.596 bits per heavy atom. The molecule has 0 unspecified atom stereocenters. The van der Waals surface area contributed by atoms with Gasteiger partial charge in [-0.1, -0.05) is 0 Å². The molecule has 0 amide bonds. The minimum atomic E-state index is -2.74. The highest BCUT2D eigenvalue weighted by molar-refractivity contribution is 5.88. The van der Waals surface area contributed by atoms with Gasteiger partial charge in [0, 0.05) is 0 Å². The summed E-state index contributed by atoms with van der Waals surface area (Å²) < 4.78 is 27.4. The summed E-state index contributed by atoms with van der Waals surface area (Å²) in [5.41, 5.74) is 14.9. The fourth-order valence-corrected chi connectivity index (χ4v) is 4.90. The first-order valence-electron chi connectivity index (χ1n) is 14.0. The Hall–Kier alpha value is -2.27. The average molecular weight is 694 g/mol. The van der Waals surface area contributed by atoms with Crippen LogP contribution in [0.15, 0.2) is 0 Å². The highest BCUT2D eigenvalue weighted by atomic mass is 16.7. The van der Waals surface area contributed by atoms with Gasteiger partial charge in [0.05, 0.1) is 50.8 Å². The number of rotatable bonds is 12. The summed E-state index contributed by atoms with van der Waals surface area (Å²) in [4.78, 5) is 30.5. The van der Waals surface area contributed by atoms with Gasteiger partial charge in [-0.25, -0.2) is 4.79 Å². The fraction of sp³-hybridized carbons (Fsp3) is 0.875.